The van der Waals surface area contributed by atoms with E-state index in [1.165, 1.54) is 12.4 Å². The van der Waals surface area contributed by atoms with Gasteiger partial charge in [-0.15, -0.1) is 0 Å². The minimum Gasteiger partial charge on any atom is -0.423 e. The summed E-state index contributed by atoms with van der Waals surface area (Å²) < 4.78 is 0. The summed E-state index contributed by atoms with van der Waals surface area (Å²) in [5, 5.41) is 42.3. The molecule has 1 heterocycles. The van der Waals surface area contributed by atoms with Gasteiger partial charge in [-0.05, 0) is 45.3 Å². The molecule has 19 heavy (non-hydrogen) atoms. The van der Waals surface area contributed by atoms with Crippen molar-refractivity contribution in [2.75, 3.05) is 7.11 Å². The zero-order chi connectivity index (χ0) is 15.7. The molecule has 1 aromatic rings. The van der Waals surface area contributed by atoms with Crippen molar-refractivity contribution in [1.82, 2.24) is 4.98 Å². The molecule has 110 valence electrons. The second kappa shape index (κ2) is 9.00. The average molecular weight is 273 g/mol. The Morgan fingerprint density at radius 1 is 0.895 bits per heavy atom. The van der Waals surface area contributed by atoms with Gasteiger partial charge in [-0.25, -0.2) is 0 Å². The molecule has 0 atom stereocenters. The molecule has 0 aliphatic carbocycles. The molecule has 6 nitrogen and oxygen atoms in total. The second-order valence-electron chi connectivity index (χ2n) is 4.77. The molecule has 1 rings (SSSR count). The van der Waals surface area contributed by atoms with Gasteiger partial charge >= 0.3 is 7.12 Å². The first-order valence-corrected chi connectivity index (χ1v) is 5.71. The van der Waals surface area contributed by atoms with Crippen LogP contribution in [0.5, 0.6) is 0 Å². The Kier molecular flexibility index (Phi) is 9.64. The lowest BCUT2D eigenvalue weighted by molar-refractivity contribution is -0.107. The number of aliphatic hydroxyl groups is 3. The molecule has 5 N–H and O–H groups in total. The van der Waals surface area contributed by atoms with Crippen LogP contribution in [0.3, 0.4) is 0 Å². The SMILES string of the molecule is CC(C)(O)C(C)(C)O.CO.OB(O)c1ccncc1. The quantitative estimate of drug-likeness (QED) is 0.437. The van der Waals surface area contributed by atoms with Gasteiger partial charge in [-0.2, -0.15) is 0 Å². The smallest absolute Gasteiger partial charge is 0.423 e. The zero-order valence-corrected chi connectivity index (χ0v) is 12.1. The summed E-state index contributed by atoms with van der Waals surface area (Å²) in [4.78, 5) is 3.71. The molecule has 0 fully saturated rings. The number of hydrogen-bond donors (Lipinski definition) is 5. The van der Waals surface area contributed by atoms with Crippen molar-refractivity contribution in [1.29, 1.82) is 0 Å². The van der Waals surface area contributed by atoms with Gasteiger partial charge in [0, 0.05) is 19.5 Å². The van der Waals surface area contributed by atoms with Crippen molar-refractivity contribution in [3.63, 3.8) is 0 Å². The Morgan fingerprint density at radius 3 is 1.37 bits per heavy atom. The highest BCUT2D eigenvalue weighted by Crippen LogP contribution is 2.19. The molecule has 0 bridgehead atoms. The van der Waals surface area contributed by atoms with E-state index >= 15 is 0 Å². The Balaban J connectivity index is 0. The highest BCUT2D eigenvalue weighted by atomic mass is 16.4. The predicted molar refractivity (Wildman–Crippen MR) is 74.8 cm³/mol. The Labute approximate surface area is 114 Å². The third kappa shape index (κ3) is 9.58. The molecule has 0 aliphatic rings. The molecular formula is C12H24BNO5. The van der Waals surface area contributed by atoms with Crippen LogP contribution < -0.4 is 5.46 Å². The van der Waals surface area contributed by atoms with E-state index in [2.05, 4.69) is 4.98 Å². The number of pyridine rings is 1. The summed E-state index contributed by atoms with van der Waals surface area (Å²) >= 11 is 0. The second-order valence-corrected chi connectivity index (χ2v) is 4.77. The van der Waals surface area contributed by atoms with Gasteiger partial charge in [-0.1, -0.05) is 0 Å². The first-order chi connectivity index (χ1) is 8.55. The first kappa shape index (κ1) is 20.3. The number of rotatable bonds is 2. The van der Waals surface area contributed by atoms with Crippen molar-refractivity contribution < 1.29 is 25.4 Å². The van der Waals surface area contributed by atoms with Gasteiger partial charge in [0.05, 0.1) is 11.2 Å². The van der Waals surface area contributed by atoms with E-state index in [1.807, 2.05) is 0 Å². The first-order valence-electron chi connectivity index (χ1n) is 5.71. The number of aliphatic hydroxyl groups excluding tert-OH is 1. The van der Waals surface area contributed by atoms with E-state index in [1.54, 1.807) is 39.8 Å². The normalized spacial score (nSPS) is 10.6. The zero-order valence-electron chi connectivity index (χ0n) is 12.1. The van der Waals surface area contributed by atoms with Crippen molar-refractivity contribution in [2.45, 2.75) is 38.9 Å². The summed E-state index contributed by atoms with van der Waals surface area (Å²) in [6.07, 6.45) is 3.02. The standard InChI is InChI=1S/C6H14O2.C5H6BNO2.CH4O/c1-5(2,7)6(3,4)8;8-6(9)5-1-3-7-4-2-5;1-2/h7-8H,1-4H3;1-4,8-9H;2H,1H3. The van der Waals surface area contributed by atoms with E-state index in [4.69, 9.17) is 25.4 Å². The number of hydrogen-bond acceptors (Lipinski definition) is 6. The molecule has 0 unspecified atom stereocenters. The van der Waals surface area contributed by atoms with Crippen molar-refractivity contribution in [2.24, 2.45) is 0 Å². The predicted octanol–water partition coefficient (Wildman–Crippen LogP) is -1.10. The maximum Gasteiger partial charge on any atom is 0.488 e. The van der Waals surface area contributed by atoms with Crippen molar-refractivity contribution in [3.05, 3.63) is 24.5 Å². The topological polar surface area (TPSA) is 114 Å². The minimum atomic E-state index is -1.38. The fourth-order valence-corrected chi connectivity index (χ4v) is 0.536. The molecule has 0 saturated heterocycles. The third-order valence-electron chi connectivity index (χ3n) is 2.50. The van der Waals surface area contributed by atoms with E-state index in [9.17, 15) is 0 Å². The van der Waals surface area contributed by atoms with Crippen LogP contribution in [0.25, 0.3) is 0 Å². The van der Waals surface area contributed by atoms with Crippen LogP contribution in [0.2, 0.25) is 0 Å². The molecule has 7 heteroatoms. The monoisotopic (exact) mass is 273 g/mol. The average Bonchev–Trinajstić information content (AvgIpc) is 2.31. The molecule has 0 radical (unpaired) electrons. The fraction of sp³-hybridized carbons (Fsp3) is 0.583. The van der Waals surface area contributed by atoms with E-state index in [-0.39, 0.29) is 0 Å². The Morgan fingerprint density at radius 2 is 1.21 bits per heavy atom. The molecule has 0 saturated carbocycles. The molecule has 0 aliphatic heterocycles. The van der Waals surface area contributed by atoms with Gasteiger partial charge in [0.1, 0.15) is 0 Å². The Bertz CT molecular complexity index is 307. The lowest BCUT2D eigenvalue weighted by atomic mass is 9.81. The van der Waals surface area contributed by atoms with Gasteiger partial charge < -0.3 is 25.4 Å². The largest absolute Gasteiger partial charge is 0.488 e. The maximum absolute atomic E-state index is 9.10. The molecule has 0 aromatic carbocycles. The summed E-state index contributed by atoms with van der Waals surface area (Å²) in [6, 6.07) is 3.09. The minimum absolute atomic E-state index is 0.463. The highest BCUT2D eigenvalue weighted by Gasteiger charge is 2.31. The summed E-state index contributed by atoms with van der Waals surface area (Å²) in [5.41, 5.74) is -1.55. The van der Waals surface area contributed by atoms with E-state index < -0.39 is 18.3 Å². The fourth-order valence-electron chi connectivity index (χ4n) is 0.536. The van der Waals surface area contributed by atoms with Crippen LogP contribution >= 0.6 is 0 Å². The lowest BCUT2D eigenvalue weighted by Gasteiger charge is -2.31. The van der Waals surface area contributed by atoms with Crippen LogP contribution in [-0.4, -0.2) is 55.8 Å². The van der Waals surface area contributed by atoms with Crippen LogP contribution in [0.1, 0.15) is 27.7 Å². The van der Waals surface area contributed by atoms with Gasteiger partial charge in [0.15, 0.2) is 0 Å². The van der Waals surface area contributed by atoms with Gasteiger partial charge in [-0.3, -0.25) is 4.98 Å². The highest BCUT2D eigenvalue weighted by molar-refractivity contribution is 6.58. The van der Waals surface area contributed by atoms with E-state index in [0.29, 0.717) is 5.46 Å². The maximum atomic E-state index is 9.10. The van der Waals surface area contributed by atoms with Gasteiger partial charge in [0.25, 0.3) is 0 Å². The van der Waals surface area contributed by atoms with Crippen LogP contribution in [0.15, 0.2) is 24.5 Å². The van der Waals surface area contributed by atoms with Gasteiger partial charge in [0.2, 0.25) is 0 Å². The number of nitrogens with zero attached hydrogens (tertiary/aromatic N) is 1. The Hall–Kier alpha value is -0.985. The third-order valence-corrected chi connectivity index (χ3v) is 2.50. The number of aromatic nitrogens is 1. The molecular weight excluding hydrogens is 249 g/mol. The van der Waals surface area contributed by atoms with Crippen LogP contribution in [0.4, 0.5) is 0 Å². The van der Waals surface area contributed by atoms with E-state index in [0.717, 1.165) is 7.11 Å². The molecule has 0 amide bonds. The summed E-state index contributed by atoms with van der Waals surface area (Å²) in [7, 11) is -0.381. The van der Waals surface area contributed by atoms with Crippen molar-refractivity contribution in [3.8, 4) is 0 Å². The lowest BCUT2D eigenvalue weighted by Crippen LogP contribution is -2.44. The summed E-state index contributed by atoms with van der Waals surface area (Å²) in [5.74, 6) is 0. The van der Waals surface area contributed by atoms with Crippen LogP contribution in [0, 0.1) is 0 Å². The van der Waals surface area contributed by atoms with Crippen LogP contribution in [-0.2, 0) is 0 Å². The summed E-state index contributed by atoms with van der Waals surface area (Å²) in [6.45, 7) is 6.31. The molecule has 1 aromatic heterocycles. The van der Waals surface area contributed by atoms with Crippen molar-refractivity contribution >= 4 is 12.6 Å². The molecule has 0 spiro atoms.